The van der Waals surface area contributed by atoms with E-state index in [0.29, 0.717) is 12.0 Å². The first-order valence-corrected chi connectivity index (χ1v) is 5.55. The molecule has 2 atom stereocenters. The van der Waals surface area contributed by atoms with Crippen molar-refractivity contribution in [2.24, 2.45) is 0 Å². The molecule has 0 amide bonds. The first kappa shape index (κ1) is 9.22. The Hall–Kier alpha value is -0.340. The molecule has 0 radical (unpaired) electrons. The van der Waals surface area contributed by atoms with Crippen LogP contribution in [0.3, 0.4) is 0 Å². The van der Waals surface area contributed by atoms with Crippen LogP contribution in [0.2, 0.25) is 0 Å². The highest BCUT2D eigenvalue weighted by molar-refractivity contribution is 9.10. The van der Waals surface area contributed by atoms with Crippen molar-refractivity contribution >= 4 is 15.9 Å². The van der Waals surface area contributed by atoms with Gasteiger partial charge in [-0.05, 0) is 37.6 Å². The SMILES string of the molecule is CC1NCCC1c1ccc(Br)cc1. The Morgan fingerprint density at radius 3 is 2.54 bits per heavy atom. The molecule has 1 nitrogen and oxygen atoms in total. The molecule has 1 aliphatic heterocycles. The van der Waals surface area contributed by atoms with Crippen LogP contribution in [-0.2, 0) is 0 Å². The first-order valence-electron chi connectivity index (χ1n) is 4.76. The van der Waals surface area contributed by atoms with Crippen LogP contribution in [0.5, 0.6) is 0 Å². The largest absolute Gasteiger partial charge is 0.314 e. The van der Waals surface area contributed by atoms with E-state index < -0.39 is 0 Å². The standard InChI is InChI=1S/C11H14BrN/c1-8-11(6-7-13-8)9-2-4-10(12)5-3-9/h2-5,8,11,13H,6-7H2,1H3. The first-order chi connectivity index (χ1) is 6.27. The van der Waals surface area contributed by atoms with E-state index >= 15 is 0 Å². The second-order valence-corrected chi connectivity index (χ2v) is 4.61. The molecule has 1 heterocycles. The fraction of sp³-hybridized carbons (Fsp3) is 0.455. The molecule has 0 aliphatic carbocycles. The van der Waals surface area contributed by atoms with E-state index in [4.69, 9.17) is 0 Å². The van der Waals surface area contributed by atoms with Gasteiger partial charge in [0.05, 0.1) is 0 Å². The highest BCUT2D eigenvalue weighted by Crippen LogP contribution is 2.28. The van der Waals surface area contributed by atoms with Gasteiger partial charge in [0.2, 0.25) is 0 Å². The third kappa shape index (κ3) is 1.94. The van der Waals surface area contributed by atoms with Gasteiger partial charge in [-0.25, -0.2) is 0 Å². The van der Waals surface area contributed by atoms with Gasteiger partial charge in [-0.15, -0.1) is 0 Å². The third-order valence-corrected chi connectivity index (χ3v) is 3.35. The quantitative estimate of drug-likeness (QED) is 0.795. The van der Waals surface area contributed by atoms with Crippen molar-refractivity contribution in [2.75, 3.05) is 6.54 Å². The average molecular weight is 240 g/mol. The second-order valence-electron chi connectivity index (χ2n) is 3.69. The number of halogens is 1. The Balaban J connectivity index is 2.20. The summed E-state index contributed by atoms with van der Waals surface area (Å²) in [5.74, 6) is 0.702. The van der Waals surface area contributed by atoms with Crippen molar-refractivity contribution in [3.05, 3.63) is 34.3 Å². The van der Waals surface area contributed by atoms with Crippen LogP contribution >= 0.6 is 15.9 Å². The molecule has 70 valence electrons. The fourth-order valence-corrected chi connectivity index (χ4v) is 2.29. The number of benzene rings is 1. The number of rotatable bonds is 1. The van der Waals surface area contributed by atoms with Gasteiger partial charge in [0.25, 0.3) is 0 Å². The van der Waals surface area contributed by atoms with E-state index in [2.05, 4.69) is 52.4 Å². The molecule has 13 heavy (non-hydrogen) atoms. The Kier molecular flexibility index (Phi) is 2.70. The molecule has 1 fully saturated rings. The summed E-state index contributed by atoms with van der Waals surface area (Å²) in [4.78, 5) is 0. The molecule has 0 saturated carbocycles. The van der Waals surface area contributed by atoms with Gasteiger partial charge in [0.15, 0.2) is 0 Å². The van der Waals surface area contributed by atoms with Gasteiger partial charge in [0.1, 0.15) is 0 Å². The molecular weight excluding hydrogens is 226 g/mol. The molecule has 1 aromatic carbocycles. The molecule has 1 N–H and O–H groups in total. The van der Waals surface area contributed by atoms with Crippen LogP contribution < -0.4 is 5.32 Å². The maximum absolute atomic E-state index is 3.47. The lowest BCUT2D eigenvalue weighted by atomic mass is 9.93. The molecule has 1 aromatic rings. The molecule has 1 aliphatic rings. The predicted octanol–water partition coefficient (Wildman–Crippen LogP) is 2.91. The zero-order chi connectivity index (χ0) is 9.26. The molecule has 1 saturated heterocycles. The molecule has 0 bridgehead atoms. The summed E-state index contributed by atoms with van der Waals surface area (Å²) in [6, 6.07) is 9.32. The van der Waals surface area contributed by atoms with Crippen molar-refractivity contribution in [1.82, 2.24) is 5.32 Å². The molecule has 2 heteroatoms. The van der Waals surface area contributed by atoms with E-state index in [9.17, 15) is 0 Å². The third-order valence-electron chi connectivity index (χ3n) is 2.82. The molecule has 2 unspecified atom stereocenters. The molecule has 2 rings (SSSR count). The minimum absolute atomic E-state index is 0.626. The van der Waals surface area contributed by atoms with Crippen LogP contribution in [-0.4, -0.2) is 12.6 Å². The van der Waals surface area contributed by atoms with E-state index in [1.54, 1.807) is 0 Å². The van der Waals surface area contributed by atoms with Gasteiger partial charge in [-0.1, -0.05) is 28.1 Å². The minimum atomic E-state index is 0.626. The van der Waals surface area contributed by atoms with Crippen LogP contribution in [0.15, 0.2) is 28.7 Å². The summed E-state index contributed by atoms with van der Waals surface area (Å²) in [7, 11) is 0. The Morgan fingerprint density at radius 2 is 2.00 bits per heavy atom. The fourth-order valence-electron chi connectivity index (χ4n) is 2.02. The summed E-state index contributed by atoms with van der Waals surface area (Å²) in [6.07, 6.45) is 1.27. The highest BCUT2D eigenvalue weighted by atomic mass is 79.9. The van der Waals surface area contributed by atoms with Crippen molar-refractivity contribution in [3.8, 4) is 0 Å². The summed E-state index contributed by atoms with van der Waals surface area (Å²) in [5.41, 5.74) is 1.46. The van der Waals surface area contributed by atoms with E-state index in [-0.39, 0.29) is 0 Å². The number of hydrogen-bond acceptors (Lipinski definition) is 1. The Labute approximate surface area is 87.7 Å². The molecule has 0 aromatic heterocycles. The minimum Gasteiger partial charge on any atom is -0.314 e. The van der Waals surface area contributed by atoms with Gasteiger partial charge >= 0.3 is 0 Å². The van der Waals surface area contributed by atoms with Crippen LogP contribution in [0, 0.1) is 0 Å². The van der Waals surface area contributed by atoms with Gasteiger partial charge in [-0.3, -0.25) is 0 Å². The second kappa shape index (κ2) is 3.81. The normalized spacial score (nSPS) is 27.8. The molecule has 0 spiro atoms. The monoisotopic (exact) mass is 239 g/mol. The van der Waals surface area contributed by atoms with Crippen molar-refractivity contribution in [2.45, 2.75) is 25.3 Å². The zero-order valence-corrected chi connectivity index (χ0v) is 9.34. The van der Waals surface area contributed by atoms with E-state index in [1.807, 2.05) is 0 Å². The van der Waals surface area contributed by atoms with Gasteiger partial charge in [-0.2, -0.15) is 0 Å². The maximum Gasteiger partial charge on any atom is 0.0175 e. The number of nitrogens with one attached hydrogen (secondary N) is 1. The maximum atomic E-state index is 3.47. The smallest absolute Gasteiger partial charge is 0.0175 e. The Bertz CT molecular complexity index is 281. The van der Waals surface area contributed by atoms with Gasteiger partial charge in [0, 0.05) is 16.4 Å². The average Bonchev–Trinajstić information content (AvgIpc) is 2.53. The van der Waals surface area contributed by atoms with Crippen LogP contribution in [0.25, 0.3) is 0 Å². The van der Waals surface area contributed by atoms with Crippen LogP contribution in [0.1, 0.15) is 24.8 Å². The summed E-state index contributed by atoms with van der Waals surface area (Å²) < 4.78 is 1.16. The summed E-state index contributed by atoms with van der Waals surface area (Å²) in [5, 5.41) is 3.47. The molecular formula is C11H14BrN. The predicted molar refractivity (Wildman–Crippen MR) is 59.0 cm³/mol. The lowest BCUT2D eigenvalue weighted by molar-refractivity contribution is 0.594. The zero-order valence-electron chi connectivity index (χ0n) is 7.76. The van der Waals surface area contributed by atoms with E-state index in [1.165, 1.54) is 12.0 Å². The Morgan fingerprint density at radius 1 is 1.31 bits per heavy atom. The summed E-state index contributed by atoms with van der Waals surface area (Å²) >= 11 is 3.45. The van der Waals surface area contributed by atoms with Crippen molar-refractivity contribution in [3.63, 3.8) is 0 Å². The van der Waals surface area contributed by atoms with E-state index in [0.717, 1.165) is 11.0 Å². The lowest BCUT2D eigenvalue weighted by Gasteiger charge is -2.15. The number of hydrogen-bond donors (Lipinski definition) is 1. The van der Waals surface area contributed by atoms with Gasteiger partial charge < -0.3 is 5.32 Å². The topological polar surface area (TPSA) is 12.0 Å². The van der Waals surface area contributed by atoms with Crippen molar-refractivity contribution < 1.29 is 0 Å². The highest BCUT2D eigenvalue weighted by Gasteiger charge is 2.23. The lowest BCUT2D eigenvalue weighted by Crippen LogP contribution is -2.21. The summed E-state index contributed by atoms with van der Waals surface area (Å²) in [6.45, 7) is 3.42. The van der Waals surface area contributed by atoms with Crippen molar-refractivity contribution in [1.29, 1.82) is 0 Å². The van der Waals surface area contributed by atoms with Crippen LogP contribution in [0.4, 0.5) is 0 Å².